The molecular weight excluding hydrogens is 390 g/mol. The van der Waals surface area contributed by atoms with E-state index in [0.29, 0.717) is 31.1 Å². The van der Waals surface area contributed by atoms with E-state index in [9.17, 15) is 9.59 Å². The molecule has 1 aromatic carbocycles. The zero-order chi connectivity index (χ0) is 17.1. The summed E-state index contributed by atoms with van der Waals surface area (Å²) in [7, 11) is 0. The lowest BCUT2D eigenvalue weighted by molar-refractivity contribution is -0.132. The van der Waals surface area contributed by atoms with E-state index >= 15 is 0 Å². The number of nitrogens with one attached hydrogen (secondary N) is 1. The molecule has 3 rings (SSSR count). The van der Waals surface area contributed by atoms with Crippen molar-refractivity contribution in [2.45, 2.75) is 19.8 Å². The molecule has 0 spiro atoms. The van der Waals surface area contributed by atoms with Gasteiger partial charge in [0.2, 0.25) is 11.8 Å². The fourth-order valence-electron chi connectivity index (χ4n) is 2.75. The highest BCUT2D eigenvalue weighted by molar-refractivity contribution is 9.10. The van der Waals surface area contributed by atoms with Gasteiger partial charge in [-0.15, -0.1) is 11.3 Å². The number of thiazole rings is 1. The molecule has 126 valence electrons. The molecule has 1 aromatic heterocycles. The largest absolute Gasteiger partial charge is 0.343 e. The Kier molecular flexibility index (Phi) is 5.30. The standard InChI is InChI=1S/C17H18BrN3O2S/c1-11(22)21-8-6-13(7-9-21)16(23)20-17-19-15(10-24-17)12-2-4-14(18)5-3-12/h2-5,10,13H,6-9H2,1H3,(H,19,20,23). The van der Waals surface area contributed by atoms with E-state index in [-0.39, 0.29) is 17.7 Å². The van der Waals surface area contributed by atoms with Crippen molar-refractivity contribution in [1.29, 1.82) is 0 Å². The van der Waals surface area contributed by atoms with Gasteiger partial charge in [0.1, 0.15) is 0 Å². The first-order chi connectivity index (χ1) is 11.5. The van der Waals surface area contributed by atoms with E-state index in [1.807, 2.05) is 29.6 Å². The Labute approximate surface area is 153 Å². The predicted molar refractivity (Wildman–Crippen MR) is 98.9 cm³/mol. The van der Waals surface area contributed by atoms with Crippen molar-refractivity contribution in [2.75, 3.05) is 18.4 Å². The highest BCUT2D eigenvalue weighted by atomic mass is 79.9. The van der Waals surface area contributed by atoms with E-state index < -0.39 is 0 Å². The van der Waals surface area contributed by atoms with E-state index in [2.05, 4.69) is 26.2 Å². The fraction of sp³-hybridized carbons (Fsp3) is 0.353. The molecule has 24 heavy (non-hydrogen) atoms. The molecule has 0 unspecified atom stereocenters. The summed E-state index contributed by atoms with van der Waals surface area (Å²) in [6, 6.07) is 7.91. The third kappa shape index (κ3) is 4.02. The van der Waals surface area contributed by atoms with Gasteiger partial charge in [0.05, 0.1) is 5.69 Å². The number of nitrogens with zero attached hydrogens (tertiary/aromatic N) is 2. The monoisotopic (exact) mass is 407 g/mol. The third-order valence-corrected chi connectivity index (χ3v) is 5.47. The van der Waals surface area contributed by atoms with Gasteiger partial charge >= 0.3 is 0 Å². The van der Waals surface area contributed by atoms with Crippen molar-refractivity contribution < 1.29 is 9.59 Å². The lowest BCUT2D eigenvalue weighted by atomic mass is 9.96. The second-order valence-electron chi connectivity index (χ2n) is 5.81. The van der Waals surface area contributed by atoms with Crippen LogP contribution in [0, 0.1) is 5.92 Å². The van der Waals surface area contributed by atoms with Gasteiger partial charge in [-0.2, -0.15) is 0 Å². The number of hydrogen-bond acceptors (Lipinski definition) is 4. The molecule has 2 aromatic rings. The molecule has 1 aliphatic heterocycles. The number of rotatable bonds is 3. The minimum Gasteiger partial charge on any atom is -0.343 e. The van der Waals surface area contributed by atoms with Crippen molar-refractivity contribution >= 4 is 44.2 Å². The summed E-state index contributed by atoms with van der Waals surface area (Å²) < 4.78 is 1.02. The number of aromatic nitrogens is 1. The van der Waals surface area contributed by atoms with Gasteiger partial charge in [0.15, 0.2) is 5.13 Å². The minimum absolute atomic E-state index is 0.00471. The average Bonchev–Trinajstić information content (AvgIpc) is 3.04. The van der Waals surface area contributed by atoms with Crippen molar-refractivity contribution in [3.8, 4) is 11.3 Å². The van der Waals surface area contributed by atoms with Gasteiger partial charge in [0, 0.05) is 41.3 Å². The van der Waals surface area contributed by atoms with Crippen LogP contribution in [0.5, 0.6) is 0 Å². The van der Waals surface area contributed by atoms with Crippen LogP contribution in [0.25, 0.3) is 11.3 Å². The van der Waals surface area contributed by atoms with Crippen LogP contribution in [0.15, 0.2) is 34.1 Å². The first-order valence-corrected chi connectivity index (χ1v) is 9.48. The normalized spacial score (nSPS) is 15.3. The molecule has 0 bridgehead atoms. The number of piperidine rings is 1. The Hall–Kier alpha value is -1.73. The second-order valence-corrected chi connectivity index (χ2v) is 7.59. The molecule has 1 fully saturated rings. The molecule has 1 aliphatic rings. The molecule has 1 saturated heterocycles. The van der Waals surface area contributed by atoms with Gasteiger partial charge in [-0.25, -0.2) is 4.98 Å². The van der Waals surface area contributed by atoms with Crippen LogP contribution < -0.4 is 5.32 Å². The molecule has 0 radical (unpaired) electrons. The number of carbonyl (C=O) groups excluding carboxylic acids is 2. The van der Waals surface area contributed by atoms with Crippen molar-refractivity contribution in [3.63, 3.8) is 0 Å². The number of anilines is 1. The van der Waals surface area contributed by atoms with E-state index in [1.165, 1.54) is 11.3 Å². The van der Waals surface area contributed by atoms with Gasteiger partial charge in [-0.05, 0) is 25.0 Å². The summed E-state index contributed by atoms with van der Waals surface area (Å²) >= 11 is 4.84. The summed E-state index contributed by atoms with van der Waals surface area (Å²) in [5.74, 6) is 0.0171. The number of carbonyl (C=O) groups is 2. The van der Waals surface area contributed by atoms with Gasteiger partial charge < -0.3 is 10.2 Å². The summed E-state index contributed by atoms with van der Waals surface area (Å²) in [4.78, 5) is 30.0. The summed E-state index contributed by atoms with van der Waals surface area (Å²) in [5.41, 5.74) is 1.87. The predicted octanol–water partition coefficient (Wildman–Crippen LogP) is 3.77. The lowest BCUT2D eigenvalue weighted by Gasteiger charge is -2.30. The maximum Gasteiger partial charge on any atom is 0.229 e. The van der Waals surface area contributed by atoms with Crippen LogP contribution in [-0.2, 0) is 9.59 Å². The van der Waals surface area contributed by atoms with Crippen LogP contribution >= 0.6 is 27.3 Å². The van der Waals surface area contributed by atoms with E-state index in [0.717, 1.165) is 15.7 Å². The van der Waals surface area contributed by atoms with Crippen molar-refractivity contribution in [2.24, 2.45) is 5.92 Å². The van der Waals surface area contributed by atoms with Crippen LogP contribution in [0.3, 0.4) is 0 Å². The van der Waals surface area contributed by atoms with Crippen LogP contribution in [0.1, 0.15) is 19.8 Å². The average molecular weight is 408 g/mol. The number of hydrogen-bond donors (Lipinski definition) is 1. The molecule has 0 saturated carbocycles. The Morgan fingerprint density at radius 1 is 1.25 bits per heavy atom. The maximum absolute atomic E-state index is 12.4. The molecular formula is C17H18BrN3O2S. The fourth-order valence-corrected chi connectivity index (χ4v) is 3.74. The first kappa shape index (κ1) is 17.1. The quantitative estimate of drug-likeness (QED) is 0.841. The highest BCUT2D eigenvalue weighted by Crippen LogP contribution is 2.27. The number of halogens is 1. The highest BCUT2D eigenvalue weighted by Gasteiger charge is 2.26. The molecule has 0 atom stereocenters. The Morgan fingerprint density at radius 2 is 1.92 bits per heavy atom. The minimum atomic E-state index is -0.0550. The Balaban J connectivity index is 1.59. The lowest BCUT2D eigenvalue weighted by Crippen LogP contribution is -2.40. The van der Waals surface area contributed by atoms with Gasteiger partial charge in [0.25, 0.3) is 0 Å². The van der Waals surface area contributed by atoms with Gasteiger partial charge in [-0.3, -0.25) is 9.59 Å². The number of benzene rings is 1. The Morgan fingerprint density at radius 3 is 2.54 bits per heavy atom. The summed E-state index contributed by atoms with van der Waals surface area (Å²) in [5, 5.41) is 5.47. The van der Waals surface area contributed by atoms with E-state index in [4.69, 9.17) is 0 Å². The molecule has 0 aliphatic carbocycles. The van der Waals surface area contributed by atoms with E-state index in [1.54, 1.807) is 11.8 Å². The molecule has 2 amide bonds. The SMILES string of the molecule is CC(=O)N1CCC(C(=O)Nc2nc(-c3ccc(Br)cc3)cs2)CC1. The smallest absolute Gasteiger partial charge is 0.229 e. The van der Waals surface area contributed by atoms with Crippen LogP contribution in [0.4, 0.5) is 5.13 Å². The number of likely N-dealkylation sites (tertiary alicyclic amines) is 1. The molecule has 7 heteroatoms. The second kappa shape index (κ2) is 7.44. The molecule has 5 nitrogen and oxygen atoms in total. The molecule has 1 N–H and O–H groups in total. The summed E-state index contributed by atoms with van der Waals surface area (Å²) in [6.07, 6.45) is 1.41. The first-order valence-electron chi connectivity index (χ1n) is 7.81. The molecule has 2 heterocycles. The third-order valence-electron chi connectivity index (χ3n) is 4.19. The Bertz CT molecular complexity index is 737. The summed E-state index contributed by atoms with van der Waals surface area (Å²) in [6.45, 7) is 2.87. The van der Waals surface area contributed by atoms with Crippen LogP contribution in [0.2, 0.25) is 0 Å². The zero-order valence-electron chi connectivity index (χ0n) is 13.3. The number of amides is 2. The maximum atomic E-state index is 12.4. The zero-order valence-corrected chi connectivity index (χ0v) is 15.7. The van der Waals surface area contributed by atoms with Crippen molar-refractivity contribution in [1.82, 2.24) is 9.88 Å². The van der Waals surface area contributed by atoms with Crippen LogP contribution in [-0.4, -0.2) is 34.8 Å². The van der Waals surface area contributed by atoms with Crippen molar-refractivity contribution in [3.05, 3.63) is 34.1 Å². The topological polar surface area (TPSA) is 62.3 Å². The van der Waals surface area contributed by atoms with Gasteiger partial charge in [-0.1, -0.05) is 28.1 Å².